The summed E-state index contributed by atoms with van der Waals surface area (Å²) in [6.45, 7) is 0.499. The van der Waals surface area contributed by atoms with Crippen LogP contribution in [0.25, 0.3) is 0 Å². The molecule has 0 heterocycles. The van der Waals surface area contributed by atoms with Gasteiger partial charge in [0.25, 0.3) is 5.91 Å². The van der Waals surface area contributed by atoms with Crippen LogP contribution in [0.15, 0.2) is 36.4 Å². The third kappa shape index (κ3) is 3.61. The Bertz CT molecular complexity index is 633. The van der Waals surface area contributed by atoms with E-state index >= 15 is 0 Å². The molecule has 0 unspecified atom stereocenters. The van der Waals surface area contributed by atoms with Crippen LogP contribution in [0.3, 0.4) is 0 Å². The predicted octanol–water partition coefficient (Wildman–Crippen LogP) is 2.49. The van der Waals surface area contributed by atoms with Gasteiger partial charge in [-0.1, -0.05) is 24.3 Å². The van der Waals surface area contributed by atoms with Gasteiger partial charge in [0.1, 0.15) is 23.0 Å². The van der Waals surface area contributed by atoms with Gasteiger partial charge < -0.3 is 11.1 Å². The zero-order chi connectivity index (χ0) is 15.4. The van der Waals surface area contributed by atoms with Crippen LogP contribution in [-0.2, 0) is 13.1 Å². The number of nitrogens with two attached hydrogens (primary N) is 1. The normalized spacial score (nSPS) is 10.5. The first-order valence-electron chi connectivity index (χ1n) is 6.22. The highest BCUT2D eigenvalue weighted by atomic mass is 19.1. The number of hydrogen-bond acceptors (Lipinski definition) is 2. The Morgan fingerprint density at radius 3 is 2.05 bits per heavy atom. The average Bonchev–Trinajstić information content (AvgIpc) is 2.44. The number of benzene rings is 2. The molecule has 2 rings (SSSR count). The molecule has 0 fully saturated rings. The lowest BCUT2D eigenvalue weighted by atomic mass is 10.1. The molecule has 0 radical (unpaired) electrons. The lowest BCUT2D eigenvalue weighted by Crippen LogP contribution is -2.25. The molecule has 0 bridgehead atoms. The zero-order valence-corrected chi connectivity index (χ0v) is 11.0. The molecule has 0 aliphatic carbocycles. The number of carbonyl (C=O) groups is 1. The molecule has 0 aliphatic rings. The van der Waals surface area contributed by atoms with E-state index in [0.717, 1.165) is 11.1 Å². The molecular formula is C15H13F3N2O. The summed E-state index contributed by atoms with van der Waals surface area (Å²) < 4.78 is 39.6. The summed E-state index contributed by atoms with van der Waals surface area (Å²) in [5.41, 5.74) is 6.35. The Morgan fingerprint density at radius 2 is 1.52 bits per heavy atom. The van der Waals surface area contributed by atoms with E-state index in [1.165, 1.54) is 0 Å². The molecule has 1 amide bonds. The largest absolute Gasteiger partial charge is 0.348 e. The van der Waals surface area contributed by atoms with Crippen molar-refractivity contribution >= 4 is 5.91 Å². The van der Waals surface area contributed by atoms with Crippen LogP contribution in [0.2, 0.25) is 0 Å². The third-order valence-electron chi connectivity index (χ3n) is 2.95. The van der Waals surface area contributed by atoms with Gasteiger partial charge in [0.2, 0.25) is 0 Å². The maximum absolute atomic E-state index is 13.4. The van der Waals surface area contributed by atoms with Gasteiger partial charge in [-0.2, -0.15) is 0 Å². The van der Waals surface area contributed by atoms with Crippen molar-refractivity contribution < 1.29 is 18.0 Å². The number of carbonyl (C=O) groups excluding carboxylic acids is 1. The van der Waals surface area contributed by atoms with Crippen LogP contribution >= 0.6 is 0 Å². The summed E-state index contributed by atoms with van der Waals surface area (Å²) in [7, 11) is 0. The van der Waals surface area contributed by atoms with Crippen LogP contribution in [0.5, 0.6) is 0 Å². The molecule has 0 saturated carbocycles. The highest BCUT2D eigenvalue weighted by Gasteiger charge is 2.18. The number of nitrogens with one attached hydrogen (secondary N) is 1. The fourth-order valence-corrected chi connectivity index (χ4v) is 1.82. The van der Waals surface area contributed by atoms with Gasteiger partial charge in [0.05, 0.1) is 0 Å². The molecule has 0 aromatic heterocycles. The van der Waals surface area contributed by atoms with Crippen LogP contribution < -0.4 is 11.1 Å². The maximum Gasteiger partial charge on any atom is 0.257 e. The van der Waals surface area contributed by atoms with E-state index in [1.54, 1.807) is 24.3 Å². The Labute approximate surface area is 119 Å². The van der Waals surface area contributed by atoms with Crippen LogP contribution in [0.4, 0.5) is 13.2 Å². The molecule has 110 valence electrons. The molecule has 2 aromatic rings. The summed E-state index contributed by atoms with van der Waals surface area (Å²) in [6, 6.07) is 8.02. The van der Waals surface area contributed by atoms with Crippen molar-refractivity contribution in [1.82, 2.24) is 5.32 Å². The van der Waals surface area contributed by atoms with Gasteiger partial charge in [-0.15, -0.1) is 0 Å². The topological polar surface area (TPSA) is 55.1 Å². The highest BCUT2D eigenvalue weighted by Crippen LogP contribution is 2.15. The molecule has 0 saturated heterocycles. The number of amides is 1. The summed E-state index contributed by atoms with van der Waals surface area (Å²) >= 11 is 0. The SMILES string of the molecule is NCc1ccc(CNC(=O)c2c(F)cc(F)cc2F)cc1. The standard InChI is InChI=1S/C15H13F3N2O/c16-11-5-12(17)14(13(18)6-11)15(21)20-8-10-3-1-9(7-19)2-4-10/h1-6H,7-8,19H2,(H,20,21). The summed E-state index contributed by atoms with van der Waals surface area (Å²) in [5.74, 6) is -4.47. The first-order valence-corrected chi connectivity index (χ1v) is 6.22. The minimum absolute atomic E-state index is 0.0972. The van der Waals surface area contributed by atoms with Crippen molar-refractivity contribution in [3.8, 4) is 0 Å². The number of rotatable bonds is 4. The average molecular weight is 294 g/mol. The lowest BCUT2D eigenvalue weighted by molar-refractivity contribution is 0.0942. The zero-order valence-electron chi connectivity index (χ0n) is 11.0. The van der Waals surface area contributed by atoms with Gasteiger partial charge >= 0.3 is 0 Å². The van der Waals surface area contributed by atoms with Crippen molar-refractivity contribution in [3.05, 3.63) is 70.5 Å². The lowest BCUT2D eigenvalue weighted by Gasteiger charge is -2.08. The molecule has 21 heavy (non-hydrogen) atoms. The van der Waals surface area contributed by atoms with E-state index in [1.807, 2.05) is 0 Å². The summed E-state index contributed by atoms with van der Waals surface area (Å²) in [4.78, 5) is 11.8. The smallest absolute Gasteiger partial charge is 0.257 e. The molecule has 0 atom stereocenters. The highest BCUT2D eigenvalue weighted by molar-refractivity contribution is 5.94. The Hall–Kier alpha value is -2.34. The number of halogens is 3. The van der Waals surface area contributed by atoms with Crippen molar-refractivity contribution in [2.45, 2.75) is 13.1 Å². The monoisotopic (exact) mass is 294 g/mol. The van der Waals surface area contributed by atoms with Crippen LogP contribution in [-0.4, -0.2) is 5.91 Å². The van der Waals surface area contributed by atoms with Gasteiger partial charge in [0.15, 0.2) is 0 Å². The second-order valence-corrected chi connectivity index (χ2v) is 4.45. The maximum atomic E-state index is 13.4. The van der Waals surface area contributed by atoms with Crippen molar-refractivity contribution in [3.63, 3.8) is 0 Å². The molecule has 3 N–H and O–H groups in total. The second kappa shape index (κ2) is 6.41. The van der Waals surface area contributed by atoms with Gasteiger partial charge in [-0.25, -0.2) is 13.2 Å². The van der Waals surface area contributed by atoms with E-state index in [0.29, 0.717) is 18.7 Å². The van der Waals surface area contributed by atoms with E-state index < -0.39 is 28.9 Å². The van der Waals surface area contributed by atoms with Gasteiger partial charge in [-0.3, -0.25) is 4.79 Å². The second-order valence-electron chi connectivity index (χ2n) is 4.45. The van der Waals surface area contributed by atoms with E-state index in [9.17, 15) is 18.0 Å². The molecule has 3 nitrogen and oxygen atoms in total. The Morgan fingerprint density at radius 1 is 1.00 bits per heavy atom. The van der Waals surface area contributed by atoms with Crippen LogP contribution in [0.1, 0.15) is 21.5 Å². The Balaban J connectivity index is 2.08. The molecular weight excluding hydrogens is 281 g/mol. The first-order chi connectivity index (χ1) is 10.0. The van der Waals surface area contributed by atoms with Crippen molar-refractivity contribution in [2.24, 2.45) is 5.73 Å². The minimum Gasteiger partial charge on any atom is -0.348 e. The van der Waals surface area contributed by atoms with Crippen molar-refractivity contribution in [1.29, 1.82) is 0 Å². The fraction of sp³-hybridized carbons (Fsp3) is 0.133. The number of hydrogen-bond donors (Lipinski definition) is 2. The van der Waals surface area contributed by atoms with E-state index in [4.69, 9.17) is 5.73 Å². The summed E-state index contributed by atoms with van der Waals surface area (Å²) in [6.07, 6.45) is 0. The van der Waals surface area contributed by atoms with Crippen LogP contribution in [0, 0.1) is 17.5 Å². The minimum atomic E-state index is -1.23. The van der Waals surface area contributed by atoms with Gasteiger partial charge in [0, 0.05) is 25.2 Å². The first kappa shape index (κ1) is 15.1. The van der Waals surface area contributed by atoms with Crippen molar-refractivity contribution in [2.75, 3.05) is 0 Å². The van der Waals surface area contributed by atoms with E-state index in [2.05, 4.69) is 5.32 Å². The molecule has 0 spiro atoms. The van der Waals surface area contributed by atoms with Gasteiger partial charge in [-0.05, 0) is 11.1 Å². The summed E-state index contributed by atoms with van der Waals surface area (Å²) in [5, 5.41) is 2.38. The Kier molecular flexibility index (Phi) is 4.59. The molecule has 0 aliphatic heterocycles. The quantitative estimate of drug-likeness (QED) is 0.910. The van der Waals surface area contributed by atoms with E-state index in [-0.39, 0.29) is 6.54 Å². The molecule has 6 heteroatoms. The molecule has 2 aromatic carbocycles. The predicted molar refractivity (Wildman–Crippen MR) is 71.8 cm³/mol. The third-order valence-corrected chi connectivity index (χ3v) is 2.95. The fourth-order valence-electron chi connectivity index (χ4n) is 1.82.